The normalized spacial score (nSPS) is 11.8. The number of rotatable bonds is 3. The lowest BCUT2D eigenvalue weighted by atomic mass is 9.98. The summed E-state index contributed by atoms with van der Waals surface area (Å²) >= 11 is 1.80. The quantitative estimate of drug-likeness (QED) is 0.218. The van der Waals surface area contributed by atoms with Crippen LogP contribution in [-0.2, 0) is 0 Å². The van der Waals surface area contributed by atoms with Gasteiger partial charge in [-0.25, -0.2) is 4.98 Å². The molecule has 42 heavy (non-hydrogen) atoms. The van der Waals surface area contributed by atoms with Gasteiger partial charge >= 0.3 is 0 Å². The molecule has 9 aromatic rings. The molecule has 0 N–H and O–H groups in total. The maximum Gasteiger partial charge on any atom is 0.0915 e. The van der Waals surface area contributed by atoms with Gasteiger partial charge in [0, 0.05) is 28.6 Å². The molecule has 5 aromatic heterocycles. The third-order valence-electron chi connectivity index (χ3n) is 8.15. The Hall–Kier alpha value is -5.39. The zero-order chi connectivity index (χ0) is 27.6. The highest BCUT2D eigenvalue weighted by atomic mass is 32.1. The Labute approximate surface area is 245 Å². The van der Waals surface area contributed by atoms with E-state index < -0.39 is 0 Å². The molecule has 9 rings (SSSR count). The summed E-state index contributed by atoms with van der Waals surface area (Å²) in [4.78, 5) is 14.4. The van der Waals surface area contributed by atoms with Crippen molar-refractivity contribution in [3.8, 4) is 28.5 Å². The molecule has 0 fully saturated rings. The third-order valence-corrected chi connectivity index (χ3v) is 9.07. The summed E-state index contributed by atoms with van der Waals surface area (Å²) in [7, 11) is 0. The van der Waals surface area contributed by atoms with Crippen molar-refractivity contribution >= 4 is 64.8 Å². The molecule has 5 heteroatoms. The van der Waals surface area contributed by atoms with Crippen molar-refractivity contribution in [1.29, 1.82) is 0 Å². The lowest BCUT2D eigenvalue weighted by molar-refractivity contribution is 1.15. The van der Waals surface area contributed by atoms with E-state index >= 15 is 0 Å². The van der Waals surface area contributed by atoms with Crippen LogP contribution in [0.4, 0.5) is 0 Å². The van der Waals surface area contributed by atoms with Gasteiger partial charge < -0.3 is 4.57 Å². The molecular weight excluding hydrogens is 533 g/mol. The van der Waals surface area contributed by atoms with E-state index in [1.807, 2.05) is 48.8 Å². The lowest BCUT2D eigenvalue weighted by Crippen LogP contribution is -1.99. The molecule has 5 heterocycles. The minimum Gasteiger partial charge on any atom is -0.308 e. The summed E-state index contributed by atoms with van der Waals surface area (Å²) in [5, 5.41) is 11.1. The maximum absolute atomic E-state index is 5.06. The molecule has 0 amide bonds. The standard InChI is InChI=1S/C37H22N4S/c1-2-10-25-23(9-1)15-16-33-34(25)35-27-12-4-3-11-26(27)28-17-20-42-37(28)36(35)41(33)24-21-31(29-13-5-7-18-38-29)40-32(22-24)30-14-6-8-19-39-30/h1-22H. The molecule has 0 atom stereocenters. The molecule has 0 saturated heterocycles. The van der Waals surface area contributed by atoms with Gasteiger partial charge in [-0.15, -0.1) is 11.3 Å². The molecule has 196 valence electrons. The van der Waals surface area contributed by atoms with Crippen LogP contribution in [0.5, 0.6) is 0 Å². The molecular formula is C37H22N4S. The number of hydrogen-bond donors (Lipinski definition) is 0. The second kappa shape index (κ2) is 9.06. The molecule has 0 bridgehead atoms. The summed E-state index contributed by atoms with van der Waals surface area (Å²) in [6, 6.07) is 40.5. The largest absolute Gasteiger partial charge is 0.308 e. The Morgan fingerprint density at radius 2 is 1.19 bits per heavy atom. The van der Waals surface area contributed by atoms with E-state index in [9.17, 15) is 0 Å². The molecule has 4 aromatic carbocycles. The second-order valence-electron chi connectivity index (χ2n) is 10.5. The van der Waals surface area contributed by atoms with Crippen molar-refractivity contribution in [2.24, 2.45) is 0 Å². The van der Waals surface area contributed by atoms with Crippen LogP contribution in [0, 0.1) is 0 Å². The highest BCUT2D eigenvalue weighted by Crippen LogP contribution is 2.46. The smallest absolute Gasteiger partial charge is 0.0915 e. The van der Waals surface area contributed by atoms with E-state index in [0.29, 0.717) is 0 Å². The first-order chi connectivity index (χ1) is 20.8. The Morgan fingerprint density at radius 1 is 0.524 bits per heavy atom. The third kappa shape index (κ3) is 3.38. The Morgan fingerprint density at radius 3 is 1.90 bits per heavy atom. The number of thiophene rings is 1. The van der Waals surface area contributed by atoms with Gasteiger partial charge in [-0.1, -0.05) is 66.7 Å². The predicted octanol–water partition coefficient (Wildman–Crippen LogP) is 9.82. The Kier molecular flexibility index (Phi) is 5.03. The van der Waals surface area contributed by atoms with Gasteiger partial charge in [0.15, 0.2) is 0 Å². The highest BCUT2D eigenvalue weighted by molar-refractivity contribution is 7.18. The molecule has 0 aliphatic carbocycles. The monoisotopic (exact) mass is 554 g/mol. The fourth-order valence-corrected chi connectivity index (χ4v) is 7.33. The van der Waals surface area contributed by atoms with E-state index in [4.69, 9.17) is 4.98 Å². The molecule has 0 radical (unpaired) electrons. The average Bonchev–Trinajstić information content (AvgIpc) is 3.69. The van der Waals surface area contributed by atoms with Crippen LogP contribution in [0.2, 0.25) is 0 Å². The van der Waals surface area contributed by atoms with Crippen LogP contribution in [0.3, 0.4) is 0 Å². The first kappa shape index (κ1) is 23.3. The number of pyridine rings is 3. The first-order valence-electron chi connectivity index (χ1n) is 13.9. The van der Waals surface area contributed by atoms with Crippen molar-refractivity contribution in [1.82, 2.24) is 19.5 Å². The maximum atomic E-state index is 5.06. The molecule has 0 aliphatic heterocycles. The van der Waals surface area contributed by atoms with Crippen LogP contribution in [-0.4, -0.2) is 19.5 Å². The fraction of sp³-hybridized carbons (Fsp3) is 0. The topological polar surface area (TPSA) is 43.6 Å². The van der Waals surface area contributed by atoms with Gasteiger partial charge in [0.05, 0.1) is 44.2 Å². The summed E-state index contributed by atoms with van der Waals surface area (Å²) in [5.41, 5.74) is 6.70. The van der Waals surface area contributed by atoms with Crippen LogP contribution in [0.1, 0.15) is 0 Å². The number of aromatic nitrogens is 4. The molecule has 4 nitrogen and oxygen atoms in total. The summed E-state index contributed by atoms with van der Waals surface area (Å²) in [6.45, 7) is 0. The van der Waals surface area contributed by atoms with Crippen molar-refractivity contribution < 1.29 is 0 Å². The highest BCUT2D eigenvalue weighted by Gasteiger charge is 2.22. The SMILES string of the molecule is c1ccc(-c2cc(-n3c4ccc5ccccc5c4c4c5ccccc5c5ccsc5c43)cc(-c3ccccn3)n2)nc1. The Balaban J connectivity index is 1.51. The zero-order valence-corrected chi connectivity index (χ0v) is 23.2. The minimum atomic E-state index is 0.813. The van der Waals surface area contributed by atoms with Crippen molar-refractivity contribution in [3.63, 3.8) is 0 Å². The molecule has 0 unspecified atom stereocenters. The minimum absolute atomic E-state index is 0.813. The van der Waals surface area contributed by atoms with Gasteiger partial charge in [-0.3, -0.25) is 9.97 Å². The predicted molar refractivity (Wildman–Crippen MR) is 175 cm³/mol. The van der Waals surface area contributed by atoms with Crippen molar-refractivity contribution in [2.75, 3.05) is 0 Å². The van der Waals surface area contributed by atoms with Gasteiger partial charge in [-0.2, -0.15) is 0 Å². The summed E-state index contributed by atoms with van der Waals surface area (Å²) in [6.07, 6.45) is 3.64. The molecule has 0 aliphatic rings. The summed E-state index contributed by atoms with van der Waals surface area (Å²) in [5.74, 6) is 0. The van der Waals surface area contributed by atoms with Crippen LogP contribution < -0.4 is 0 Å². The van der Waals surface area contributed by atoms with Gasteiger partial charge in [-0.05, 0) is 75.5 Å². The van der Waals surface area contributed by atoms with Gasteiger partial charge in [0.25, 0.3) is 0 Å². The number of fused-ring (bicyclic) bond motifs is 10. The fourth-order valence-electron chi connectivity index (χ4n) is 6.38. The zero-order valence-electron chi connectivity index (χ0n) is 22.4. The van der Waals surface area contributed by atoms with Crippen molar-refractivity contribution in [2.45, 2.75) is 0 Å². The van der Waals surface area contributed by atoms with E-state index in [1.165, 1.54) is 53.4 Å². The van der Waals surface area contributed by atoms with E-state index in [2.05, 4.69) is 98.8 Å². The van der Waals surface area contributed by atoms with Gasteiger partial charge in [0.2, 0.25) is 0 Å². The lowest BCUT2D eigenvalue weighted by Gasteiger charge is -2.13. The van der Waals surface area contributed by atoms with Crippen LogP contribution >= 0.6 is 11.3 Å². The first-order valence-corrected chi connectivity index (χ1v) is 14.8. The average molecular weight is 555 g/mol. The number of nitrogens with zero attached hydrogens (tertiary/aromatic N) is 4. The van der Waals surface area contributed by atoms with Crippen LogP contribution in [0.25, 0.3) is 81.9 Å². The molecule has 0 spiro atoms. The number of hydrogen-bond acceptors (Lipinski definition) is 4. The van der Waals surface area contributed by atoms with Gasteiger partial charge in [0.1, 0.15) is 0 Å². The second-order valence-corrected chi connectivity index (χ2v) is 11.4. The van der Waals surface area contributed by atoms with Crippen LogP contribution in [0.15, 0.2) is 133 Å². The van der Waals surface area contributed by atoms with Crippen molar-refractivity contribution in [3.05, 3.63) is 133 Å². The van der Waals surface area contributed by atoms with E-state index in [-0.39, 0.29) is 0 Å². The Bertz CT molecular complexity index is 2400. The molecule has 0 saturated carbocycles. The number of benzene rings is 4. The van der Waals surface area contributed by atoms with E-state index in [0.717, 1.165) is 28.5 Å². The summed E-state index contributed by atoms with van der Waals surface area (Å²) < 4.78 is 3.71. The van der Waals surface area contributed by atoms with E-state index in [1.54, 1.807) is 11.3 Å².